The smallest absolute Gasteiger partial charge is 0.0378 e. The Hall–Kier alpha value is -3.90. The second kappa shape index (κ2) is 19.3. The van der Waals surface area contributed by atoms with Gasteiger partial charge in [-0.25, -0.2) is 4.79 Å². The molecule has 6 N–H and O–H groups in total. The fourth-order valence-corrected chi connectivity index (χ4v) is 4.73. The maximum Gasteiger partial charge on any atom is -0.0378 e. The van der Waals surface area contributed by atoms with Gasteiger partial charge in [0.05, 0.1) is 0 Å². The van der Waals surface area contributed by atoms with Crippen molar-refractivity contribution in [2.24, 2.45) is 20.7 Å². The number of carbonyl (C=O) groups excluding carboxylic acids is 3. The molecule has 2 amide bonds. The minimum atomic E-state index is -1.71. The van der Waals surface area contributed by atoms with Crippen LogP contribution in [0.25, 0.3) is 0 Å². The van der Waals surface area contributed by atoms with E-state index in [9.17, 15) is 18.2 Å². The first kappa shape index (κ1) is 34.3. The molecule has 0 aliphatic rings. The van der Waals surface area contributed by atoms with Crippen molar-refractivity contribution in [1.29, 1.82) is 0 Å². The summed E-state index contributed by atoms with van der Waals surface area (Å²) >= 11 is -1.71. The molecule has 0 aliphatic heterocycles. The first-order chi connectivity index (χ1) is 20.2. The van der Waals surface area contributed by atoms with E-state index in [4.69, 9.17) is 16.3 Å². The van der Waals surface area contributed by atoms with Gasteiger partial charge in [0, 0.05) is 17.7 Å². The molecule has 0 radical (unpaired) electrons. The Balaban J connectivity index is 1.73. The predicted molar refractivity (Wildman–Crippen MR) is 161 cm³/mol. The van der Waals surface area contributed by atoms with Crippen molar-refractivity contribution >= 4 is 40.8 Å². The number of nitrogens with one attached hydrogen (secondary N) is 2. The molecule has 2 aromatic carbocycles. The molecule has 0 saturated heterocycles. The molecule has 0 fully saturated rings. The molecule has 0 unspecified atom stereocenters. The molecule has 11 nitrogen and oxygen atoms in total. The number of amides is 2. The van der Waals surface area contributed by atoms with Crippen LogP contribution in [0.5, 0.6) is 0 Å². The van der Waals surface area contributed by atoms with E-state index in [1.54, 1.807) is 48.5 Å². The molecule has 2 aromatic rings. The Bertz CT molecular complexity index is 1250. The number of nitrogens with zero attached hydrogens (tertiary/aromatic N) is 2. The molecule has 42 heavy (non-hydrogen) atoms. The number of hydrogen-bond donors (Lipinski definition) is 4. The maximum atomic E-state index is 12.3. The number of nitrogens with two attached hydrogens (primary N) is 2. The largest absolute Gasteiger partial charge is 0.0491 e. The zero-order valence-corrected chi connectivity index (χ0v) is 25.4. The third kappa shape index (κ3) is 13.6. The summed E-state index contributed by atoms with van der Waals surface area (Å²) < 4.78 is 16.1. The second-order valence-electron chi connectivity index (χ2n) is 9.60. The number of carbonyl (C=O) groups is 3. The van der Waals surface area contributed by atoms with Crippen LogP contribution in [0.15, 0.2) is 57.7 Å². The summed E-state index contributed by atoms with van der Waals surface area (Å²) in [7, 11) is 0. The molecule has 231 valence electrons. The number of benzene rings is 2. The summed E-state index contributed by atoms with van der Waals surface area (Å²) in [5.74, 6) is -0.615. The van der Waals surface area contributed by atoms with Crippen LogP contribution in [0.3, 0.4) is 0 Å². The second-order valence-corrected chi connectivity index (χ2v) is 11.2. The van der Waals surface area contributed by atoms with Crippen molar-refractivity contribution in [3.63, 3.8) is 0 Å². The van der Waals surface area contributed by atoms with Gasteiger partial charge in [-0.2, -0.15) is 0 Å². The number of anilines is 2. The van der Waals surface area contributed by atoms with Gasteiger partial charge in [-0.1, -0.05) is 24.9 Å². The van der Waals surface area contributed by atoms with Crippen molar-refractivity contribution in [2.75, 3.05) is 10.6 Å². The number of rotatable bonds is 18. The van der Waals surface area contributed by atoms with Crippen LogP contribution in [0.4, 0.5) is 11.4 Å². The quantitative estimate of drug-likeness (QED) is 0.0565. The van der Waals surface area contributed by atoms with Gasteiger partial charge in [-0.3, -0.25) is 4.79 Å². The summed E-state index contributed by atoms with van der Waals surface area (Å²) in [4.78, 5) is 41.1. The van der Waals surface area contributed by atoms with E-state index < -0.39 is 19.8 Å². The van der Waals surface area contributed by atoms with Crippen molar-refractivity contribution < 1.29 is 36.9 Å². The number of unbranched alkanes of at least 4 members (excludes halogenated alkanes) is 4. The topological polar surface area (TPSA) is 178 Å². The van der Waals surface area contributed by atoms with Crippen LogP contribution in [0, 0.1) is 0 Å². The van der Waals surface area contributed by atoms with Gasteiger partial charge in [0.25, 0.3) is 0 Å². The van der Waals surface area contributed by atoms with E-state index in [1.165, 1.54) is 0 Å². The molecule has 12 heteroatoms. The number of amidine groups is 2. The Morgan fingerprint density at radius 2 is 1.21 bits per heavy atom. The van der Waals surface area contributed by atoms with E-state index >= 15 is 0 Å². The van der Waals surface area contributed by atoms with E-state index in [-0.39, 0.29) is 36.3 Å². The number of oxime groups is 1. The van der Waals surface area contributed by atoms with Gasteiger partial charge in [-0.15, -0.1) is 0 Å². The molecule has 0 aliphatic carbocycles. The molecule has 0 spiro atoms. The predicted octanol–water partition coefficient (Wildman–Crippen LogP) is 5.37. The molecule has 0 atom stereocenters. The first-order valence-corrected chi connectivity index (χ1v) is 15.8. The van der Waals surface area contributed by atoms with E-state index in [2.05, 4.69) is 26.8 Å². The first-order valence-electron chi connectivity index (χ1n) is 14.2. The van der Waals surface area contributed by atoms with Gasteiger partial charge < -0.3 is 15.9 Å². The third-order valence-electron chi connectivity index (χ3n) is 5.99. The Kier molecular flexibility index (Phi) is 15.7. The van der Waals surface area contributed by atoms with Crippen LogP contribution >= 0.6 is 0 Å². The Labute approximate surface area is 251 Å². The van der Waals surface area contributed by atoms with Crippen LogP contribution in [0.1, 0.15) is 89.2 Å². The molecule has 0 saturated carbocycles. The molecular weight excluding hydrogens is 583 g/mol. The summed E-state index contributed by atoms with van der Waals surface area (Å²) in [6.45, 7) is 4.13. The number of hydrogen-bond acceptors (Lipinski definition) is 6. The average molecular weight is 626 g/mol. The summed E-state index contributed by atoms with van der Waals surface area (Å²) in [5, 5.41) is 9.76. The normalized spacial score (nSPS) is 12.0. The van der Waals surface area contributed by atoms with Crippen LogP contribution < -0.4 is 22.1 Å². The molecule has 0 aromatic heterocycles. The zero-order chi connectivity index (χ0) is 30.7. The summed E-state index contributed by atoms with van der Waals surface area (Å²) in [5.41, 5.74) is 14.2. The van der Waals surface area contributed by atoms with E-state index in [0.29, 0.717) is 40.7 Å². The van der Waals surface area contributed by atoms with E-state index in [0.717, 1.165) is 38.5 Å². The van der Waals surface area contributed by atoms with Gasteiger partial charge in [0.2, 0.25) is 0 Å². The van der Waals surface area contributed by atoms with Crippen molar-refractivity contribution in [1.82, 2.24) is 0 Å². The van der Waals surface area contributed by atoms with Crippen LogP contribution in [-0.2, 0) is 36.9 Å². The van der Waals surface area contributed by atoms with Crippen LogP contribution in [-0.4, -0.2) is 29.5 Å². The fraction of sp³-hybridized carbons (Fsp3) is 0.433. The Morgan fingerprint density at radius 1 is 0.714 bits per heavy atom. The third-order valence-corrected chi connectivity index (χ3v) is 7.32. The van der Waals surface area contributed by atoms with Gasteiger partial charge in [0.15, 0.2) is 5.84 Å². The van der Waals surface area contributed by atoms with Crippen LogP contribution in [0.2, 0.25) is 5.36 Å². The minimum Gasteiger partial charge on any atom is -0.0491 e. The molecule has 0 bridgehead atoms. The van der Waals surface area contributed by atoms with Gasteiger partial charge >= 0.3 is 147 Å². The van der Waals surface area contributed by atoms with Gasteiger partial charge in [-0.05, 0) is 30.7 Å². The van der Waals surface area contributed by atoms with E-state index in [1.807, 2.05) is 6.92 Å². The average Bonchev–Trinajstić information content (AvgIpc) is 2.97. The standard InChI is InChI=1S/C25H31N6O4.C5H11.Co.O/c1-2-3-4-8-23(34)35-31-25(28)18-11-15-20(16-12-18)30-22(33)7-5-6-21(32)29-19-13-9-17(10-14-19)24(26)27;1-3-5-4-2;;/h9-16H,2-8H2,1H3,(H6-,26,27,28,29,30,31,32,33);1,3-5H2,2H3;;/q-1;;+1;. The Morgan fingerprint density at radius 3 is 1.74 bits per heavy atom. The molecule has 2 rings (SSSR count). The molecule has 0 heterocycles. The monoisotopic (exact) mass is 625 g/mol. The SMILES string of the molecule is CCCCCC(=O)O/N=C(\N)c1ccc(NC(=O)CCCC(=O)Nc2ccc(/C(N)=[N]/[Co](=[O])[CH2]CCCC)cc2)cc1. The van der Waals surface area contributed by atoms with Gasteiger partial charge in [0.1, 0.15) is 0 Å². The van der Waals surface area contributed by atoms with Crippen molar-refractivity contribution in [3.05, 3.63) is 59.7 Å². The fourth-order valence-electron chi connectivity index (χ4n) is 3.63. The minimum absolute atomic E-state index is 0.0589. The zero-order valence-electron chi connectivity index (χ0n) is 24.3. The van der Waals surface area contributed by atoms with Crippen molar-refractivity contribution in [3.8, 4) is 0 Å². The maximum absolute atomic E-state index is 12.3. The summed E-state index contributed by atoms with van der Waals surface area (Å²) in [6, 6.07) is 13.5. The summed E-state index contributed by atoms with van der Waals surface area (Å²) in [6.07, 6.45) is 6.59. The van der Waals surface area contributed by atoms with Crippen molar-refractivity contribution in [2.45, 2.75) is 83.4 Å². The molecular formula is C30H42CoN6O5.